The largest absolute Gasteiger partial charge is 0.356 e. The number of rotatable bonds is 1. The lowest BCUT2D eigenvalue weighted by Crippen LogP contribution is -2.30. The SMILES string of the molecule is Cc1ccc2cc(C)c(N3CCCCC3)nc2c1. The number of nitrogens with zero attached hydrogens (tertiary/aromatic N) is 2. The first kappa shape index (κ1) is 11.5. The highest BCUT2D eigenvalue weighted by Gasteiger charge is 2.14. The van der Waals surface area contributed by atoms with Crippen molar-refractivity contribution in [2.24, 2.45) is 0 Å². The van der Waals surface area contributed by atoms with Crippen LogP contribution in [-0.2, 0) is 0 Å². The molecule has 3 rings (SSSR count). The lowest BCUT2D eigenvalue weighted by Gasteiger charge is -2.29. The van der Waals surface area contributed by atoms with Crippen molar-refractivity contribution in [3.8, 4) is 0 Å². The van der Waals surface area contributed by atoms with Gasteiger partial charge in [0, 0.05) is 18.5 Å². The molecule has 0 amide bonds. The maximum atomic E-state index is 4.89. The molecule has 0 N–H and O–H groups in total. The highest BCUT2D eigenvalue weighted by Crippen LogP contribution is 2.25. The van der Waals surface area contributed by atoms with Crippen LogP contribution >= 0.6 is 0 Å². The van der Waals surface area contributed by atoms with Gasteiger partial charge in [0.25, 0.3) is 0 Å². The number of piperidine rings is 1. The fourth-order valence-corrected chi connectivity index (χ4v) is 2.80. The van der Waals surface area contributed by atoms with Crippen LogP contribution in [0.25, 0.3) is 10.9 Å². The van der Waals surface area contributed by atoms with E-state index in [1.807, 2.05) is 0 Å². The van der Waals surface area contributed by atoms with Crippen molar-refractivity contribution in [2.75, 3.05) is 18.0 Å². The molecular weight excluding hydrogens is 220 g/mol. The molecule has 18 heavy (non-hydrogen) atoms. The second kappa shape index (κ2) is 4.60. The average Bonchev–Trinajstić information content (AvgIpc) is 2.39. The molecule has 1 saturated heterocycles. The monoisotopic (exact) mass is 240 g/mol. The predicted octanol–water partition coefficient (Wildman–Crippen LogP) is 3.84. The van der Waals surface area contributed by atoms with E-state index in [4.69, 9.17) is 4.98 Å². The fraction of sp³-hybridized carbons (Fsp3) is 0.438. The Labute approximate surface area is 109 Å². The van der Waals surface area contributed by atoms with E-state index < -0.39 is 0 Å². The van der Waals surface area contributed by atoms with Gasteiger partial charge in [-0.05, 0) is 56.4 Å². The van der Waals surface area contributed by atoms with Crippen LogP contribution < -0.4 is 4.90 Å². The highest BCUT2D eigenvalue weighted by atomic mass is 15.2. The first-order chi connectivity index (χ1) is 8.74. The van der Waals surface area contributed by atoms with E-state index in [1.165, 1.54) is 41.6 Å². The van der Waals surface area contributed by atoms with E-state index in [2.05, 4.69) is 43.0 Å². The van der Waals surface area contributed by atoms with Gasteiger partial charge in [0.1, 0.15) is 5.82 Å². The minimum absolute atomic E-state index is 1.13. The highest BCUT2D eigenvalue weighted by molar-refractivity contribution is 5.82. The molecule has 0 saturated carbocycles. The number of benzene rings is 1. The molecule has 2 aromatic rings. The van der Waals surface area contributed by atoms with Crippen molar-refractivity contribution in [3.63, 3.8) is 0 Å². The lowest BCUT2D eigenvalue weighted by atomic mass is 10.1. The van der Waals surface area contributed by atoms with Crippen LogP contribution in [0.4, 0.5) is 5.82 Å². The maximum absolute atomic E-state index is 4.89. The Balaban J connectivity index is 2.07. The Hall–Kier alpha value is -1.57. The summed E-state index contributed by atoms with van der Waals surface area (Å²) in [5.74, 6) is 1.19. The topological polar surface area (TPSA) is 16.1 Å². The van der Waals surface area contributed by atoms with E-state index in [0.717, 1.165) is 18.6 Å². The van der Waals surface area contributed by atoms with Crippen LogP contribution in [0.1, 0.15) is 30.4 Å². The molecule has 1 aliphatic rings. The molecule has 0 atom stereocenters. The summed E-state index contributed by atoms with van der Waals surface area (Å²) in [5.41, 5.74) is 3.71. The van der Waals surface area contributed by atoms with Crippen LogP contribution in [0.15, 0.2) is 24.3 Å². The summed E-state index contributed by atoms with van der Waals surface area (Å²) >= 11 is 0. The van der Waals surface area contributed by atoms with E-state index in [0.29, 0.717) is 0 Å². The Morgan fingerprint density at radius 3 is 2.56 bits per heavy atom. The third-order valence-corrected chi connectivity index (χ3v) is 3.79. The number of aromatic nitrogens is 1. The van der Waals surface area contributed by atoms with Crippen molar-refractivity contribution in [1.29, 1.82) is 0 Å². The van der Waals surface area contributed by atoms with E-state index in [9.17, 15) is 0 Å². The third kappa shape index (κ3) is 2.07. The zero-order chi connectivity index (χ0) is 12.5. The average molecular weight is 240 g/mol. The molecule has 1 fully saturated rings. The van der Waals surface area contributed by atoms with Crippen molar-refractivity contribution >= 4 is 16.7 Å². The summed E-state index contributed by atoms with van der Waals surface area (Å²) in [5, 5.41) is 1.25. The third-order valence-electron chi connectivity index (χ3n) is 3.79. The molecule has 0 unspecified atom stereocenters. The normalized spacial score (nSPS) is 16.2. The number of aryl methyl sites for hydroxylation is 2. The molecule has 0 radical (unpaired) electrons. The number of hydrogen-bond donors (Lipinski definition) is 0. The molecule has 2 heteroatoms. The number of pyridine rings is 1. The molecule has 0 spiro atoms. The number of anilines is 1. The standard InChI is InChI=1S/C16H20N2/c1-12-6-7-14-11-13(2)16(17-15(14)10-12)18-8-4-3-5-9-18/h6-7,10-11H,3-5,8-9H2,1-2H3. The minimum atomic E-state index is 1.13. The summed E-state index contributed by atoms with van der Waals surface area (Å²) in [6.45, 7) is 6.62. The van der Waals surface area contributed by atoms with Gasteiger partial charge >= 0.3 is 0 Å². The van der Waals surface area contributed by atoms with E-state index >= 15 is 0 Å². The molecule has 1 aliphatic heterocycles. The first-order valence-electron chi connectivity index (χ1n) is 6.87. The molecule has 0 bridgehead atoms. The Kier molecular flexibility index (Phi) is 2.94. The van der Waals surface area contributed by atoms with Crippen LogP contribution in [0, 0.1) is 13.8 Å². The zero-order valence-corrected chi connectivity index (χ0v) is 11.2. The molecule has 1 aromatic heterocycles. The van der Waals surface area contributed by atoms with Gasteiger partial charge in [0.05, 0.1) is 5.52 Å². The first-order valence-corrected chi connectivity index (χ1v) is 6.87. The van der Waals surface area contributed by atoms with Gasteiger partial charge in [-0.25, -0.2) is 4.98 Å². The van der Waals surface area contributed by atoms with Crippen molar-refractivity contribution in [1.82, 2.24) is 4.98 Å². The fourth-order valence-electron chi connectivity index (χ4n) is 2.80. The van der Waals surface area contributed by atoms with Crippen LogP contribution in [0.2, 0.25) is 0 Å². The summed E-state index contributed by atoms with van der Waals surface area (Å²) in [6, 6.07) is 8.78. The zero-order valence-electron chi connectivity index (χ0n) is 11.2. The second-order valence-corrected chi connectivity index (χ2v) is 5.37. The van der Waals surface area contributed by atoms with Crippen molar-refractivity contribution in [3.05, 3.63) is 35.4 Å². The van der Waals surface area contributed by atoms with Gasteiger partial charge in [-0.1, -0.05) is 12.1 Å². The number of hydrogen-bond acceptors (Lipinski definition) is 2. The van der Waals surface area contributed by atoms with Crippen LogP contribution in [0.3, 0.4) is 0 Å². The van der Waals surface area contributed by atoms with Crippen LogP contribution in [0.5, 0.6) is 0 Å². The summed E-state index contributed by atoms with van der Waals surface area (Å²) < 4.78 is 0. The maximum Gasteiger partial charge on any atom is 0.132 e. The second-order valence-electron chi connectivity index (χ2n) is 5.37. The van der Waals surface area contributed by atoms with Gasteiger partial charge in [-0.15, -0.1) is 0 Å². The number of fused-ring (bicyclic) bond motifs is 1. The molecule has 1 aromatic carbocycles. The quantitative estimate of drug-likeness (QED) is 0.753. The van der Waals surface area contributed by atoms with Gasteiger partial charge in [-0.3, -0.25) is 0 Å². The summed E-state index contributed by atoms with van der Waals surface area (Å²) in [7, 11) is 0. The molecule has 2 nitrogen and oxygen atoms in total. The van der Waals surface area contributed by atoms with E-state index in [-0.39, 0.29) is 0 Å². The van der Waals surface area contributed by atoms with Crippen LogP contribution in [-0.4, -0.2) is 18.1 Å². The Morgan fingerprint density at radius 1 is 1.00 bits per heavy atom. The van der Waals surface area contributed by atoms with Gasteiger partial charge in [0.15, 0.2) is 0 Å². The molecule has 0 aliphatic carbocycles. The summed E-state index contributed by atoms with van der Waals surface area (Å²) in [6.07, 6.45) is 3.96. The molecular formula is C16H20N2. The van der Waals surface area contributed by atoms with E-state index in [1.54, 1.807) is 0 Å². The Morgan fingerprint density at radius 2 is 1.78 bits per heavy atom. The smallest absolute Gasteiger partial charge is 0.132 e. The lowest BCUT2D eigenvalue weighted by molar-refractivity contribution is 0.573. The molecule has 94 valence electrons. The van der Waals surface area contributed by atoms with Crippen molar-refractivity contribution in [2.45, 2.75) is 33.1 Å². The minimum Gasteiger partial charge on any atom is -0.356 e. The van der Waals surface area contributed by atoms with Gasteiger partial charge in [0.2, 0.25) is 0 Å². The molecule has 2 heterocycles. The Bertz CT molecular complexity index is 569. The van der Waals surface area contributed by atoms with Crippen molar-refractivity contribution < 1.29 is 0 Å². The van der Waals surface area contributed by atoms with Gasteiger partial charge in [-0.2, -0.15) is 0 Å². The summed E-state index contributed by atoms with van der Waals surface area (Å²) in [4.78, 5) is 7.33. The van der Waals surface area contributed by atoms with Gasteiger partial charge < -0.3 is 4.90 Å². The predicted molar refractivity (Wildman–Crippen MR) is 77.3 cm³/mol.